The van der Waals surface area contributed by atoms with Crippen LogP contribution in [0.3, 0.4) is 0 Å². The maximum Gasteiger partial charge on any atom is 0.276 e. The second kappa shape index (κ2) is 8.26. The molecule has 0 saturated carbocycles. The van der Waals surface area contributed by atoms with Crippen LogP contribution in [0.4, 0.5) is 0 Å². The lowest BCUT2D eigenvalue weighted by molar-refractivity contribution is -0.122. The molecule has 1 fully saturated rings. The van der Waals surface area contributed by atoms with Crippen LogP contribution < -0.4 is 14.8 Å². The number of hydrogen-bond acceptors (Lipinski definition) is 5. The fraction of sp³-hybridized carbons (Fsp3) is 0.300. The number of nitrogens with zero attached hydrogens (tertiary/aromatic N) is 1. The molecular weight excluding hydrogens is 364 g/mol. The summed E-state index contributed by atoms with van der Waals surface area (Å²) in [4.78, 5) is 14.0. The molecule has 1 N–H and O–H groups in total. The van der Waals surface area contributed by atoms with E-state index >= 15 is 0 Å². The normalized spacial score (nSPS) is 15.6. The second-order valence-corrected chi connectivity index (χ2v) is 6.95. The van der Waals surface area contributed by atoms with Crippen LogP contribution in [0, 0.1) is 5.92 Å². The Balaban J connectivity index is 1.62. The molecule has 1 saturated heterocycles. The number of ether oxygens (including phenoxy) is 2. The fourth-order valence-corrected chi connectivity index (χ4v) is 2.89. The van der Waals surface area contributed by atoms with E-state index in [2.05, 4.69) is 5.32 Å². The number of carbonyl (C=O) groups excluding carboxylic acids is 1. The van der Waals surface area contributed by atoms with Crippen molar-refractivity contribution in [2.45, 2.75) is 20.5 Å². The zero-order valence-corrected chi connectivity index (χ0v) is 16.3. The van der Waals surface area contributed by atoms with Gasteiger partial charge >= 0.3 is 0 Å². The molecule has 0 aliphatic carbocycles. The molecule has 2 heterocycles. The van der Waals surface area contributed by atoms with Gasteiger partial charge in [0.15, 0.2) is 5.11 Å². The molecule has 0 bridgehead atoms. The van der Waals surface area contributed by atoms with Crippen molar-refractivity contribution in [2.24, 2.45) is 5.92 Å². The number of nitrogens with one attached hydrogen (secondary N) is 1. The van der Waals surface area contributed by atoms with Crippen molar-refractivity contribution in [1.29, 1.82) is 0 Å². The average molecular weight is 386 g/mol. The van der Waals surface area contributed by atoms with Crippen LogP contribution >= 0.6 is 12.2 Å². The van der Waals surface area contributed by atoms with Gasteiger partial charge in [0.05, 0.1) is 7.11 Å². The molecule has 1 amide bonds. The molecule has 2 aromatic rings. The first-order valence-electron chi connectivity index (χ1n) is 8.66. The summed E-state index contributed by atoms with van der Waals surface area (Å²) >= 11 is 5.24. The highest BCUT2D eigenvalue weighted by Crippen LogP contribution is 2.20. The molecule has 1 aromatic heterocycles. The minimum absolute atomic E-state index is 0.138. The molecule has 1 aliphatic rings. The van der Waals surface area contributed by atoms with Gasteiger partial charge < -0.3 is 19.2 Å². The number of rotatable bonds is 7. The van der Waals surface area contributed by atoms with Crippen LogP contribution in [0.25, 0.3) is 6.08 Å². The van der Waals surface area contributed by atoms with Gasteiger partial charge in [-0.3, -0.25) is 9.69 Å². The molecule has 1 aromatic carbocycles. The molecule has 6 nitrogen and oxygen atoms in total. The largest absolute Gasteiger partial charge is 0.497 e. The minimum Gasteiger partial charge on any atom is -0.497 e. The number of amides is 1. The zero-order valence-electron chi connectivity index (χ0n) is 15.5. The predicted octanol–water partition coefficient (Wildman–Crippen LogP) is 3.58. The summed E-state index contributed by atoms with van der Waals surface area (Å²) in [5.74, 6) is 2.90. The van der Waals surface area contributed by atoms with Gasteiger partial charge in [-0.25, -0.2) is 0 Å². The predicted molar refractivity (Wildman–Crippen MR) is 106 cm³/mol. The molecule has 1 aliphatic heterocycles. The van der Waals surface area contributed by atoms with E-state index in [1.807, 2.05) is 44.2 Å². The van der Waals surface area contributed by atoms with Gasteiger partial charge in [-0.05, 0) is 54.5 Å². The van der Waals surface area contributed by atoms with E-state index in [4.69, 9.17) is 26.1 Å². The first-order chi connectivity index (χ1) is 13.0. The van der Waals surface area contributed by atoms with Gasteiger partial charge in [-0.15, -0.1) is 0 Å². The van der Waals surface area contributed by atoms with Gasteiger partial charge in [0, 0.05) is 12.6 Å². The zero-order chi connectivity index (χ0) is 19.4. The Kier molecular flexibility index (Phi) is 5.81. The molecule has 0 atom stereocenters. The Bertz CT molecular complexity index is 855. The van der Waals surface area contributed by atoms with Gasteiger partial charge in [0.1, 0.15) is 35.3 Å². The maximum atomic E-state index is 12.5. The standard InChI is InChI=1S/C20H22N2O4S/c1-13(2)11-22-19(23)18(21-20(22)27)10-16-8-9-17(26-16)12-25-15-6-4-14(24-3)5-7-15/h4-10,13H,11-12H2,1-3H3,(H,21,27)/b18-10+. The summed E-state index contributed by atoms with van der Waals surface area (Å²) < 4.78 is 16.5. The Morgan fingerprint density at radius 1 is 1.19 bits per heavy atom. The second-order valence-electron chi connectivity index (χ2n) is 6.57. The summed E-state index contributed by atoms with van der Waals surface area (Å²) in [5, 5.41) is 3.38. The summed E-state index contributed by atoms with van der Waals surface area (Å²) in [6.45, 7) is 4.95. The Labute approximate surface area is 163 Å². The average Bonchev–Trinajstić information content (AvgIpc) is 3.20. The maximum absolute atomic E-state index is 12.5. The molecule has 3 rings (SSSR count). The monoisotopic (exact) mass is 386 g/mol. The molecule has 0 radical (unpaired) electrons. The van der Waals surface area contributed by atoms with Crippen molar-refractivity contribution >= 4 is 29.3 Å². The van der Waals surface area contributed by atoms with Crippen LogP contribution in [0.2, 0.25) is 0 Å². The highest BCUT2D eigenvalue weighted by Gasteiger charge is 2.31. The Morgan fingerprint density at radius 2 is 1.89 bits per heavy atom. The quantitative estimate of drug-likeness (QED) is 0.580. The lowest BCUT2D eigenvalue weighted by Gasteiger charge is -2.15. The van der Waals surface area contributed by atoms with E-state index < -0.39 is 0 Å². The summed E-state index contributed by atoms with van der Waals surface area (Å²) in [6, 6.07) is 10.9. The van der Waals surface area contributed by atoms with E-state index in [0.717, 1.165) is 11.5 Å². The number of furan rings is 1. The summed E-state index contributed by atoms with van der Waals surface area (Å²) in [5.41, 5.74) is 0.414. The lowest BCUT2D eigenvalue weighted by atomic mass is 10.2. The number of thiocarbonyl (C=S) groups is 1. The Hall–Kier alpha value is -2.80. The van der Waals surface area contributed by atoms with E-state index in [1.165, 1.54) is 0 Å². The molecule has 7 heteroatoms. The molecule has 27 heavy (non-hydrogen) atoms. The summed E-state index contributed by atoms with van der Waals surface area (Å²) in [7, 11) is 1.62. The molecule has 0 spiro atoms. The topological polar surface area (TPSA) is 63.9 Å². The van der Waals surface area contributed by atoms with Crippen LogP contribution in [-0.4, -0.2) is 29.6 Å². The third-order valence-corrected chi connectivity index (χ3v) is 4.24. The fourth-order valence-electron chi connectivity index (χ4n) is 2.62. The lowest BCUT2D eigenvalue weighted by Crippen LogP contribution is -2.33. The SMILES string of the molecule is COc1ccc(OCc2ccc(/C=C3/NC(=S)N(CC(C)C)C3=O)o2)cc1. The van der Waals surface area contributed by atoms with Crippen LogP contribution in [0.15, 0.2) is 46.5 Å². The third kappa shape index (κ3) is 4.68. The van der Waals surface area contributed by atoms with Gasteiger partial charge in [-0.2, -0.15) is 0 Å². The van der Waals surface area contributed by atoms with E-state index in [-0.39, 0.29) is 12.5 Å². The first-order valence-corrected chi connectivity index (χ1v) is 9.07. The number of benzene rings is 1. The van der Waals surface area contributed by atoms with Crippen molar-refractivity contribution < 1.29 is 18.7 Å². The van der Waals surface area contributed by atoms with Crippen LogP contribution in [-0.2, 0) is 11.4 Å². The van der Waals surface area contributed by atoms with Crippen molar-refractivity contribution in [3.8, 4) is 11.5 Å². The van der Waals surface area contributed by atoms with Gasteiger partial charge in [0.2, 0.25) is 0 Å². The van der Waals surface area contributed by atoms with E-state index in [1.54, 1.807) is 24.2 Å². The van der Waals surface area contributed by atoms with Gasteiger partial charge in [-0.1, -0.05) is 13.8 Å². The molecular formula is C20H22N2O4S. The van der Waals surface area contributed by atoms with E-state index in [0.29, 0.717) is 34.8 Å². The van der Waals surface area contributed by atoms with Crippen LogP contribution in [0.1, 0.15) is 25.4 Å². The van der Waals surface area contributed by atoms with Crippen LogP contribution in [0.5, 0.6) is 11.5 Å². The molecule has 0 unspecified atom stereocenters. The van der Waals surface area contributed by atoms with Gasteiger partial charge in [0.25, 0.3) is 5.91 Å². The van der Waals surface area contributed by atoms with Crippen molar-refractivity contribution in [3.05, 3.63) is 53.6 Å². The number of carbonyl (C=O) groups is 1. The van der Waals surface area contributed by atoms with Crippen molar-refractivity contribution in [3.63, 3.8) is 0 Å². The third-order valence-electron chi connectivity index (χ3n) is 3.92. The Morgan fingerprint density at radius 3 is 2.56 bits per heavy atom. The van der Waals surface area contributed by atoms with Crippen molar-refractivity contribution in [2.75, 3.05) is 13.7 Å². The van der Waals surface area contributed by atoms with Crippen molar-refractivity contribution in [1.82, 2.24) is 10.2 Å². The first kappa shape index (κ1) is 19.0. The smallest absolute Gasteiger partial charge is 0.276 e. The minimum atomic E-state index is -0.138. The highest BCUT2D eigenvalue weighted by molar-refractivity contribution is 7.80. The highest BCUT2D eigenvalue weighted by atomic mass is 32.1. The number of hydrogen-bond donors (Lipinski definition) is 1. The molecule has 142 valence electrons. The van der Waals surface area contributed by atoms with E-state index in [9.17, 15) is 4.79 Å². The summed E-state index contributed by atoms with van der Waals surface area (Å²) in [6.07, 6.45) is 1.66. The number of methoxy groups -OCH3 is 1.